The van der Waals surface area contributed by atoms with E-state index in [0.717, 1.165) is 99.8 Å². The molecular formula is C36H47Cl4N9O2. The van der Waals surface area contributed by atoms with E-state index in [1.807, 2.05) is 64.5 Å². The van der Waals surface area contributed by atoms with Crippen molar-refractivity contribution in [2.75, 3.05) is 76.1 Å². The molecule has 2 saturated heterocycles. The molecule has 4 aromatic rings. The second kappa shape index (κ2) is 18.1. The number of hydrogen-bond donors (Lipinski definition) is 2. The average Bonchev–Trinajstić information content (AvgIpc) is 3.65. The van der Waals surface area contributed by atoms with Crippen molar-refractivity contribution in [3.05, 3.63) is 80.0 Å². The Morgan fingerprint density at radius 1 is 0.706 bits per heavy atom. The molecule has 2 unspecified atom stereocenters. The molecule has 0 aliphatic carbocycles. The van der Waals surface area contributed by atoms with Crippen LogP contribution in [0.3, 0.4) is 0 Å². The van der Waals surface area contributed by atoms with Gasteiger partial charge in [-0.3, -0.25) is 14.6 Å². The van der Waals surface area contributed by atoms with Crippen LogP contribution in [0.1, 0.15) is 32.2 Å². The van der Waals surface area contributed by atoms with E-state index in [2.05, 4.69) is 44.5 Å². The van der Waals surface area contributed by atoms with Crippen LogP contribution in [0.25, 0.3) is 11.4 Å². The fourth-order valence-corrected chi connectivity index (χ4v) is 6.90. The minimum absolute atomic E-state index is 0.158. The zero-order valence-corrected chi connectivity index (χ0v) is 32.8. The lowest BCUT2D eigenvalue weighted by atomic mass is 10.2. The van der Waals surface area contributed by atoms with Crippen molar-refractivity contribution >= 4 is 63.9 Å². The summed E-state index contributed by atoms with van der Waals surface area (Å²) in [7, 11) is 0. The van der Waals surface area contributed by atoms with Crippen molar-refractivity contribution < 1.29 is 9.53 Å². The summed E-state index contributed by atoms with van der Waals surface area (Å²) >= 11 is 24.2. The van der Waals surface area contributed by atoms with Gasteiger partial charge in [0.2, 0.25) is 5.91 Å². The first kappa shape index (κ1) is 39.2. The number of hydrogen-bond acceptors (Lipinski definition) is 8. The van der Waals surface area contributed by atoms with E-state index in [0.29, 0.717) is 32.3 Å². The van der Waals surface area contributed by atoms with Crippen molar-refractivity contribution in [2.24, 2.45) is 0 Å². The van der Waals surface area contributed by atoms with E-state index in [1.54, 1.807) is 19.1 Å². The lowest BCUT2D eigenvalue weighted by Gasteiger charge is -2.35. The Morgan fingerprint density at radius 2 is 1.16 bits per heavy atom. The van der Waals surface area contributed by atoms with Crippen LogP contribution in [0, 0.1) is 13.8 Å². The standard InChI is InChI=1S/C18H23Cl2N5O.C18H24Cl2N4O/c1-13-11-18(22-25(13)15-3-4-16(19)17(20)12-15)21-5-6-23-7-9-24(10-8-23)14(2)26;1-12-8-18(21-6-7-23-10-13(2)25-14(3)11-23)22-24(12)15-4-5-16(19)17(20)9-15/h3-4,11-12H,5-10H2,1-2H3,(H,21,22);4-5,8-9,13-14H,6-7,10-11H2,1-3H3,(H,21,22). The molecule has 15 heteroatoms. The second-order valence-corrected chi connectivity index (χ2v) is 14.7. The van der Waals surface area contributed by atoms with Gasteiger partial charge in [-0.15, -0.1) is 0 Å². The predicted molar refractivity (Wildman–Crippen MR) is 209 cm³/mol. The van der Waals surface area contributed by atoms with Gasteiger partial charge in [0.05, 0.1) is 43.7 Å². The zero-order valence-electron chi connectivity index (χ0n) is 29.8. The number of benzene rings is 2. The molecule has 2 fully saturated rings. The first-order valence-electron chi connectivity index (χ1n) is 17.2. The molecule has 6 rings (SSSR count). The molecule has 2 aliphatic heterocycles. The molecular weight excluding hydrogens is 732 g/mol. The van der Waals surface area contributed by atoms with Gasteiger partial charge in [-0.05, 0) is 64.1 Å². The van der Waals surface area contributed by atoms with Crippen LogP contribution in [0.2, 0.25) is 20.1 Å². The van der Waals surface area contributed by atoms with E-state index < -0.39 is 0 Å². The van der Waals surface area contributed by atoms with Gasteiger partial charge in [-0.1, -0.05) is 46.4 Å². The maximum absolute atomic E-state index is 11.4. The number of amides is 1. The van der Waals surface area contributed by atoms with Gasteiger partial charge in [0.15, 0.2) is 0 Å². The van der Waals surface area contributed by atoms with Gasteiger partial charge in [-0.2, -0.15) is 10.2 Å². The third-order valence-corrected chi connectivity index (χ3v) is 10.3. The molecule has 2 atom stereocenters. The Balaban J connectivity index is 0.000000198. The Bertz CT molecular complexity index is 1760. The number of ether oxygens (including phenoxy) is 1. The largest absolute Gasteiger partial charge is 0.373 e. The number of rotatable bonds is 10. The van der Waals surface area contributed by atoms with Gasteiger partial charge in [0.1, 0.15) is 11.6 Å². The van der Waals surface area contributed by atoms with E-state index >= 15 is 0 Å². The van der Waals surface area contributed by atoms with E-state index in [1.165, 1.54) is 0 Å². The number of halogens is 4. The lowest BCUT2D eigenvalue weighted by Crippen LogP contribution is -2.49. The van der Waals surface area contributed by atoms with Gasteiger partial charge in [0, 0.05) is 95.9 Å². The molecule has 2 N–H and O–H groups in total. The molecule has 2 aromatic heterocycles. The number of nitrogens with zero attached hydrogens (tertiary/aromatic N) is 7. The van der Waals surface area contributed by atoms with Crippen LogP contribution in [-0.4, -0.2) is 118 Å². The third-order valence-electron chi connectivity index (χ3n) is 8.85. The smallest absolute Gasteiger partial charge is 0.219 e. The quantitative estimate of drug-likeness (QED) is 0.177. The monoisotopic (exact) mass is 777 g/mol. The zero-order chi connectivity index (χ0) is 36.7. The number of aromatic nitrogens is 4. The number of anilines is 2. The number of nitrogens with one attached hydrogen (secondary N) is 2. The average molecular weight is 780 g/mol. The molecule has 4 heterocycles. The van der Waals surface area contributed by atoms with Gasteiger partial charge in [-0.25, -0.2) is 9.36 Å². The summed E-state index contributed by atoms with van der Waals surface area (Å²) in [4.78, 5) is 18.0. The lowest BCUT2D eigenvalue weighted by molar-refractivity contribution is -0.130. The summed E-state index contributed by atoms with van der Waals surface area (Å²) in [6.07, 6.45) is 0.583. The minimum atomic E-state index is 0.158. The summed E-state index contributed by atoms with van der Waals surface area (Å²) in [5, 5.41) is 18.1. The number of morpholine rings is 1. The van der Waals surface area contributed by atoms with Crippen molar-refractivity contribution in [3.8, 4) is 11.4 Å². The number of piperazine rings is 1. The molecule has 0 radical (unpaired) electrons. The van der Waals surface area contributed by atoms with Crippen LogP contribution in [-0.2, 0) is 9.53 Å². The third kappa shape index (κ3) is 11.0. The fraction of sp³-hybridized carbons (Fsp3) is 0.472. The second-order valence-electron chi connectivity index (χ2n) is 13.1. The van der Waals surface area contributed by atoms with E-state index in [9.17, 15) is 4.79 Å². The Kier molecular flexibility index (Phi) is 13.9. The number of carbonyl (C=O) groups excluding carboxylic acids is 1. The maximum Gasteiger partial charge on any atom is 0.219 e. The fourth-order valence-electron chi connectivity index (χ4n) is 6.32. The van der Waals surface area contributed by atoms with Crippen molar-refractivity contribution in [1.29, 1.82) is 0 Å². The van der Waals surface area contributed by atoms with Crippen molar-refractivity contribution in [2.45, 2.75) is 46.8 Å². The highest BCUT2D eigenvalue weighted by Gasteiger charge is 2.22. The maximum atomic E-state index is 11.4. The van der Waals surface area contributed by atoms with Gasteiger partial charge in [0.25, 0.3) is 0 Å². The molecule has 0 spiro atoms. The molecule has 0 bridgehead atoms. The molecule has 11 nitrogen and oxygen atoms in total. The first-order valence-corrected chi connectivity index (χ1v) is 18.7. The molecule has 0 saturated carbocycles. The summed E-state index contributed by atoms with van der Waals surface area (Å²) in [6, 6.07) is 15.0. The highest BCUT2D eigenvalue weighted by molar-refractivity contribution is 6.42. The van der Waals surface area contributed by atoms with Gasteiger partial charge >= 0.3 is 0 Å². The van der Waals surface area contributed by atoms with Crippen molar-refractivity contribution in [1.82, 2.24) is 34.3 Å². The molecule has 1 amide bonds. The first-order chi connectivity index (χ1) is 24.4. The van der Waals surface area contributed by atoms with Crippen LogP contribution < -0.4 is 10.6 Å². The SMILES string of the molecule is CC(=O)N1CCN(CCNc2cc(C)n(-c3ccc(Cl)c(Cl)c3)n2)CC1.Cc1cc(NCCN2CC(C)OC(C)C2)nn1-c1ccc(Cl)c(Cl)c1. The number of carbonyl (C=O) groups is 1. The Morgan fingerprint density at radius 3 is 1.59 bits per heavy atom. The topological polar surface area (TPSA) is 95.7 Å². The van der Waals surface area contributed by atoms with E-state index in [4.69, 9.17) is 51.1 Å². The highest BCUT2D eigenvalue weighted by Crippen LogP contribution is 2.27. The highest BCUT2D eigenvalue weighted by atomic mass is 35.5. The number of aryl methyl sites for hydroxylation is 2. The summed E-state index contributed by atoms with van der Waals surface area (Å²) in [5.74, 6) is 1.85. The van der Waals surface area contributed by atoms with Crippen LogP contribution in [0.4, 0.5) is 11.6 Å². The summed E-state index contributed by atoms with van der Waals surface area (Å²) in [5.41, 5.74) is 3.83. The molecule has 51 heavy (non-hydrogen) atoms. The molecule has 276 valence electrons. The summed E-state index contributed by atoms with van der Waals surface area (Å²) < 4.78 is 9.48. The van der Waals surface area contributed by atoms with E-state index in [-0.39, 0.29) is 5.91 Å². The summed E-state index contributed by atoms with van der Waals surface area (Å²) in [6.45, 7) is 18.8. The molecule has 2 aromatic carbocycles. The Hall–Kier alpha value is -3.03. The molecule has 2 aliphatic rings. The Labute approximate surface area is 320 Å². The van der Waals surface area contributed by atoms with Crippen LogP contribution in [0.5, 0.6) is 0 Å². The van der Waals surface area contributed by atoms with Gasteiger partial charge < -0.3 is 20.3 Å². The van der Waals surface area contributed by atoms with Crippen LogP contribution in [0.15, 0.2) is 48.5 Å². The van der Waals surface area contributed by atoms with Crippen molar-refractivity contribution in [3.63, 3.8) is 0 Å². The van der Waals surface area contributed by atoms with Crippen LogP contribution >= 0.6 is 46.4 Å². The predicted octanol–water partition coefficient (Wildman–Crippen LogP) is 7.07. The minimum Gasteiger partial charge on any atom is -0.373 e. The normalized spacial score (nSPS) is 18.3.